The molecule has 1 aromatic carbocycles. The van der Waals surface area contributed by atoms with E-state index in [4.69, 9.17) is 4.74 Å². The first-order chi connectivity index (χ1) is 14.6. The summed E-state index contributed by atoms with van der Waals surface area (Å²) < 4.78 is 5.04. The molecule has 0 bridgehead atoms. The summed E-state index contributed by atoms with van der Waals surface area (Å²) in [4.78, 5) is 26.3. The molecule has 0 radical (unpaired) electrons. The molecule has 1 heterocycles. The normalized spacial score (nSPS) is 16.4. The van der Waals surface area contributed by atoms with Crippen molar-refractivity contribution in [3.63, 3.8) is 0 Å². The fourth-order valence-corrected chi connectivity index (χ4v) is 5.37. The van der Waals surface area contributed by atoms with Gasteiger partial charge in [-0.25, -0.2) is 4.79 Å². The first kappa shape index (κ1) is 23.3. The van der Waals surface area contributed by atoms with Crippen molar-refractivity contribution in [1.29, 1.82) is 0 Å². The molecule has 1 N–H and O–H groups in total. The van der Waals surface area contributed by atoms with Gasteiger partial charge in [-0.1, -0.05) is 58.9 Å². The Kier molecular flexibility index (Phi) is 7.05. The minimum Gasteiger partial charge on any atom is -0.465 e. The number of carbonyl (C=O) groups is 2. The number of hydrogen-bond acceptors (Lipinski definition) is 4. The molecule has 0 saturated carbocycles. The number of fused-ring (bicyclic) bond motifs is 1. The number of benzene rings is 1. The van der Waals surface area contributed by atoms with Gasteiger partial charge in [0.05, 0.1) is 12.7 Å². The lowest BCUT2D eigenvalue weighted by molar-refractivity contribution is -0.111. The third-order valence-corrected chi connectivity index (χ3v) is 7.32. The Hall–Kier alpha value is -2.40. The molecule has 5 heteroatoms. The van der Waals surface area contributed by atoms with E-state index in [0.717, 1.165) is 30.4 Å². The van der Waals surface area contributed by atoms with E-state index in [0.29, 0.717) is 22.4 Å². The molecule has 2 aromatic rings. The van der Waals surface area contributed by atoms with Crippen LogP contribution >= 0.6 is 11.3 Å². The van der Waals surface area contributed by atoms with Crippen LogP contribution in [0.5, 0.6) is 0 Å². The molecular weight excluding hydrogens is 406 g/mol. The van der Waals surface area contributed by atoms with Gasteiger partial charge in [-0.3, -0.25) is 4.79 Å². The van der Waals surface area contributed by atoms with Crippen LogP contribution in [0.2, 0.25) is 0 Å². The number of rotatable bonds is 5. The minimum atomic E-state index is -0.379. The second-order valence-corrected chi connectivity index (χ2v) is 10.8. The van der Waals surface area contributed by atoms with Crippen molar-refractivity contribution >= 4 is 34.3 Å². The minimum absolute atomic E-state index is 0.213. The van der Waals surface area contributed by atoms with Gasteiger partial charge in [-0.05, 0) is 59.3 Å². The van der Waals surface area contributed by atoms with Crippen molar-refractivity contribution < 1.29 is 14.3 Å². The zero-order valence-corrected chi connectivity index (χ0v) is 20.2. The highest BCUT2D eigenvalue weighted by Crippen LogP contribution is 2.44. The second-order valence-electron chi connectivity index (χ2n) is 9.65. The highest BCUT2D eigenvalue weighted by Gasteiger charge is 2.34. The molecule has 1 amide bonds. The summed E-state index contributed by atoms with van der Waals surface area (Å²) in [5.41, 5.74) is 4.01. The van der Waals surface area contributed by atoms with E-state index in [9.17, 15) is 9.59 Å². The van der Waals surface area contributed by atoms with Gasteiger partial charge in [0.25, 0.3) is 0 Å². The van der Waals surface area contributed by atoms with E-state index in [-0.39, 0.29) is 17.3 Å². The Balaban J connectivity index is 1.79. The zero-order chi connectivity index (χ0) is 22.8. The number of methoxy groups -OCH3 is 1. The molecule has 1 aromatic heterocycles. The van der Waals surface area contributed by atoms with Crippen molar-refractivity contribution in [2.24, 2.45) is 11.3 Å². The van der Waals surface area contributed by atoms with Gasteiger partial charge < -0.3 is 10.1 Å². The van der Waals surface area contributed by atoms with Crippen LogP contribution in [0.25, 0.3) is 6.08 Å². The fraction of sp³-hybridized carbons (Fsp3) is 0.462. The number of ether oxygens (including phenoxy) is 1. The van der Waals surface area contributed by atoms with E-state index in [1.807, 2.05) is 12.1 Å². The number of nitrogens with one attached hydrogen (secondary N) is 1. The fourth-order valence-electron chi connectivity index (χ4n) is 4.05. The number of thiophene rings is 1. The summed E-state index contributed by atoms with van der Waals surface area (Å²) in [6.45, 7) is 11.1. The maximum absolute atomic E-state index is 12.6. The molecule has 4 nitrogen and oxygen atoms in total. The van der Waals surface area contributed by atoms with Crippen LogP contribution in [0, 0.1) is 11.3 Å². The van der Waals surface area contributed by atoms with Crippen LogP contribution in [-0.2, 0) is 22.4 Å². The summed E-state index contributed by atoms with van der Waals surface area (Å²) in [5.74, 6) is 0.404. The van der Waals surface area contributed by atoms with Crippen molar-refractivity contribution in [2.75, 3.05) is 12.4 Å². The molecule has 0 saturated heterocycles. The quantitative estimate of drug-likeness (QED) is 0.429. The van der Waals surface area contributed by atoms with Gasteiger partial charge in [0.2, 0.25) is 5.91 Å². The Morgan fingerprint density at radius 2 is 1.87 bits per heavy atom. The van der Waals surface area contributed by atoms with Gasteiger partial charge in [-0.2, -0.15) is 0 Å². The van der Waals surface area contributed by atoms with Crippen LogP contribution in [0.15, 0.2) is 30.3 Å². The van der Waals surface area contributed by atoms with Gasteiger partial charge in [0.15, 0.2) is 0 Å². The van der Waals surface area contributed by atoms with Crippen LogP contribution in [-0.4, -0.2) is 19.0 Å². The first-order valence-electron chi connectivity index (χ1n) is 10.9. The SMILES string of the molecule is COC(=O)c1c(NC(=O)/C=C/c2ccc(C(C)C)cc2)sc2c1CCC(C(C)(C)C)C2. The average molecular weight is 440 g/mol. The van der Waals surface area contributed by atoms with Gasteiger partial charge in [-0.15, -0.1) is 11.3 Å². The number of anilines is 1. The molecule has 0 fully saturated rings. The number of carbonyl (C=O) groups excluding carboxylic acids is 2. The molecule has 166 valence electrons. The third-order valence-electron chi connectivity index (χ3n) is 6.15. The van der Waals surface area contributed by atoms with Gasteiger partial charge in [0, 0.05) is 11.0 Å². The number of esters is 1. The summed E-state index contributed by atoms with van der Waals surface area (Å²) in [7, 11) is 1.39. The monoisotopic (exact) mass is 439 g/mol. The lowest BCUT2D eigenvalue weighted by Gasteiger charge is -2.33. The van der Waals surface area contributed by atoms with Crippen LogP contribution in [0.4, 0.5) is 5.00 Å². The number of amides is 1. The van der Waals surface area contributed by atoms with Crippen LogP contribution < -0.4 is 5.32 Å². The average Bonchev–Trinajstić information content (AvgIpc) is 3.08. The van der Waals surface area contributed by atoms with Crippen LogP contribution in [0.3, 0.4) is 0 Å². The lowest BCUT2D eigenvalue weighted by Crippen LogP contribution is -2.26. The summed E-state index contributed by atoms with van der Waals surface area (Å²) >= 11 is 1.51. The molecule has 1 aliphatic rings. The molecule has 1 atom stereocenters. The molecule has 1 unspecified atom stereocenters. The number of hydrogen-bond donors (Lipinski definition) is 1. The van der Waals surface area contributed by atoms with Crippen LogP contribution in [0.1, 0.15) is 78.9 Å². The second kappa shape index (κ2) is 9.39. The van der Waals surface area contributed by atoms with E-state index in [2.05, 4.69) is 52.1 Å². The van der Waals surface area contributed by atoms with Crippen molar-refractivity contribution in [3.8, 4) is 0 Å². The molecule has 0 spiro atoms. The largest absolute Gasteiger partial charge is 0.465 e. The molecule has 1 aliphatic carbocycles. The highest BCUT2D eigenvalue weighted by molar-refractivity contribution is 7.17. The molecule has 3 rings (SSSR count). The Morgan fingerprint density at radius 1 is 1.19 bits per heavy atom. The molecule has 31 heavy (non-hydrogen) atoms. The van der Waals surface area contributed by atoms with Crippen molar-refractivity contribution in [2.45, 2.75) is 59.8 Å². The lowest BCUT2D eigenvalue weighted by atomic mass is 9.72. The highest BCUT2D eigenvalue weighted by atomic mass is 32.1. The van der Waals surface area contributed by atoms with E-state index >= 15 is 0 Å². The maximum Gasteiger partial charge on any atom is 0.341 e. The molecular formula is C26H33NO3S. The topological polar surface area (TPSA) is 55.4 Å². The standard InChI is InChI=1S/C26H33NO3S/c1-16(2)18-10-7-17(8-11-18)9-14-22(28)27-24-23(25(29)30-6)20-13-12-19(26(3,4)5)15-21(20)31-24/h7-11,14,16,19H,12-13,15H2,1-6H3,(H,27,28)/b14-9+. The molecule has 0 aliphatic heterocycles. The van der Waals surface area contributed by atoms with E-state index in [1.54, 1.807) is 6.08 Å². The maximum atomic E-state index is 12.6. The third kappa shape index (κ3) is 5.45. The Morgan fingerprint density at radius 3 is 2.45 bits per heavy atom. The first-order valence-corrected chi connectivity index (χ1v) is 11.7. The summed E-state index contributed by atoms with van der Waals surface area (Å²) in [5, 5.41) is 3.52. The van der Waals surface area contributed by atoms with Gasteiger partial charge >= 0.3 is 5.97 Å². The van der Waals surface area contributed by atoms with Crippen molar-refractivity contribution in [1.82, 2.24) is 0 Å². The predicted octanol–water partition coefficient (Wildman–Crippen LogP) is 6.46. The summed E-state index contributed by atoms with van der Waals surface area (Å²) in [6, 6.07) is 8.18. The smallest absolute Gasteiger partial charge is 0.341 e. The predicted molar refractivity (Wildman–Crippen MR) is 129 cm³/mol. The Bertz CT molecular complexity index is 977. The zero-order valence-electron chi connectivity index (χ0n) is 19.4. The Labute approximate surface area is 189 Å². The van der Waals surface area contributed by atoms with Gasteiger partial charge in [0.1, 0.15) is 5.00 Å². The van der Waals surface area contributed by atoms with Crippen molar-refractivity contribution in [3.05, 3.63) is 57.5 Å². The van der Waals surface area contributed by atoms with E-state index in [1.165, 1.54) is 35.0 Å². The van der Waals surface area contributed by atoms with E-state index < -0.39 is 0 Å². The summed E-state index contributed by atoms with van der Waals surface area (Å²) in [6.07, 6.45) is 6.12.